The van der Waals surface area contributed by atoms with Crippen LogP contribution in [0.15, 0.2) is 5.38 Å². The summed E-state index contributed by atoms with van der Waals surface area (Å²) in [6, 6.07) is 0.718. The average molecular weight is 218 g/mol. The Bertz CT molecular complexity index is 282. The molecule has 1 heterocycles. The van der Waals surface area contributed by atoms with Crippen molar-refractivity contribution in [1.29, 1.82) is 0 Å². The zero-order valence-electron chi connectivity index (χ0n) is 8.09. The van der Waals surface area contributed by atoms with Crippen molar-refractivity contribution in [2.45, 2.75) is 32.2 Å². The van der Waals surface area contributed by atoms with Crippen LogP contribution >= 0.6 is 23.7 Å². The molecule has 1 aliphatic rings. The van der Waals surface area contributed by atoms with Gasteiger partial charge >= 0.3 is 0 Å². The van der Waals surface area contributed by atoms with Gasteiger partial charge in [-0.15, -0.1) is 23.7 Å². The van der Waals surface area contributed by atoms with Crippen molar-refractivity contribution in [3.63, 3.8) is 0 Å². The van der Waals surface area contributed by atoms with Crippen molar-refractivity contribution < 1.29 is 0 Å². The lowest BCUT2D eigenvalue weighted by molar-refractivity contribution is 0.501. The average Bonchev–Trinajstić information content (AvgIpc) is 2.47. The molecule has 0 aliphatic heterocycles. The molecular weight excluding hydrogens is 202 g/mol. The van der Waals surface area contributed by atoms with Gasteiger partial charge in [-0.2, -0.15) is 0 Å². The molecular formula is C10H16ClNS. The molecule has 1 aromatic rings. The molecule has 0 amide bonds. The maximum Gasteiger partial charge on any atom is 0.0116 e. The molecule has 0 fully saturated rings. The predicted octanol–water partition coefficient (Wildman–Crippen LogP) is 2.56. The van der Waals surface area contributed by atoms with Gasteiger partial charge < -0.3 is 5.32 Å². The first-order valence-corrected chi connectivity index (χ1v) is 5.42. The molecule has 2 rings (SSSR count). The maximum atomic E-state index is 3.36. The van der Waals surface area contributed by atoms with E-state index in [2.05, 4.69) is 24.7 Å². The molecule has 1 N–H and O–H groups in total. The molecule has 1 nitrogen and oxygen atoms in total. The fourth-order valence-corrected chi connectivity index (χ4v) is 3.08. The normalized spacial score (nSPS) is 20.6. The standard InChI is InChI=1S/C10H15NS.ClH/c1-7-6-12-10-5-8(11-2)3-4-9(7)10;/h6,8,11H,3-5H2,1-2H3;1H. The molecule has 13 heavy (non-hydrogen) atoms. The highest BCUT2D eigenvalue weighted by atomic mass is 35.5. The number of hydrogen-bond acceptors (Lipinski definition) is 2. The predicted molar refractivity (Wildman–Crippen MR) is 61.2 cm³/mol. The lowest BCUT2D eigenvalue weighted by atomic mass is 9.93. The summed E-state index contributed by atoms with van der Waals surface area (Å²) >= 11 is 1.93. The zero-order valence-corrected chi connectivity index (χ0v) is 9.73. The number of aryl methyl sites for hydroxylation is 1. The molecule has 3 heteroatoms. The summed E-state index contributed by atoms with van der Waals surface area (Å²) in [5.41, 5.74) is 3.14. The van der Waals surface area contributed by atoms with E-state index in [1.807, 2.05) is 11.3 Å². The van der Waals surface area contributed by atoms with Crippen LogP contribution in [0.1, 0.15) is 22.4 Å². The second kappa shape index (κ2) is 4.45. The minimum absolute atomic E-state index is 0. The molecule has 0 saturated carbocycles. The van der Waals surface area contributed by atoms with E-state index in [-0.39, 0.29) is 12.4 Å². The Morgan fingerprint density at radius 3 is 3.00 bits per heavy atom. The van der Waals surface area contributed by atoms with Crippen LogP contribution in [-0.4, -0.2) is 13.1 Å². The van der Waals surface area contributed by atoms with Gasteiger partial charge in [-0.3, -0.25) is 0 Å². The molecule has 0 saturated heterocycles. The molecule has 0 bridgehead atoms. The first-order chi connectivity index (χ1) is 5.81. The number of likely N-dealkylation sites (N-methyl/N-ethyl adjacent to an activating group) is 1. The van der Waals surface area contributed by atoms with Crippen molar-refractivity contribution in [2.24, 2.45) is 0 Å². The van der Waals surface area contributed by atoms with E-state index in [0.717, 1.165) is 6.04 Å². The Kier molecular flexibility index (Phi) is 3.77. The Morgan fingerprint density at radius 2 is 2.31 bits per heavy atom. The Balaban J connectivity index is 0.000000845. The fourth-order valence-electron chi connectivity index (χ4n) is 1.92. The summed E-state index contributed by atoms with van der Waals surface area (Å²) in [5.74, 6) is 0. The summed E-state index contributed by atoms with van der Waals surface area (Å²) < 4.78 is 0. The van der Waals surface area contributed by atoms with Crippen LogP contribution in [0.2, 0.25) is 0 Å². The molecule has 1 aromatic heterocycles. The van der Waals surface area contributed by atoms with Gasteiger partial charge in [-0.25, -0.2) is 0 Å². The van der Waals surface area contributed by atoms with E-state index < -0.39 is 0 Å². The van der Waals surface area contributed by atoms with Crippen LogP contribution < -0.4 is 5.32 Å². The van der Waals surface area contributed by atoms with Crippen molar-refractivity contribution in [2.75, 3.05) is 7.05 Å². The van der Waals surface area contributed by atoms with Crippen molar-refractivity contribution in [1.82, 2.24) is 5.32 Å². The largest absolute Gasteiger partial charge is 0.317 e. The van der Waals surface area contributed by atoms with Crippen LogP contribution in [0, 0.1) is 6.92 Å². The SMILES string of the molecule is CNC1CCc2c(C)csc2C1.Cl. The first kappa shape index (κ1) is 11.0. The topological polar surface area (TPSA) is 12.0 Å². The second-order valence-electron chi connectivity index (χ2n) is 3.55. The number of thiophene rings is 1. The summed E-state index contributed by atoms with van der Waals surface area (Å²) in [6.07, 6.45) is 3.82. The Labute approximate surface area is 90.0 Å². The summed E-state index contributed by atoms with van der Waals surface area (Å²) in [5, 5.41) is 5.66. The maximum absolute atomic E-state index is 3.36. The van der Waals surface area contributed by atoms with Crippen LogP contribution in [-0.2, 0) is 12.8 Å². The monoisotopic (exact) mass is 217 g/mol. The lowest BCUT2D eigenvalue weighted by Crippen LogP contribution is -2.30. The number of halogens is 1. The van der Waals surface area contributed by atoms with Gasteiger partial charge in [0.05, 0.1) is 0 Å². The minimum Gasteiger partial charge on any atom is -0.317 e. The molecule has 0 aromatic carbocycles. The van der Waals surface area contributed by atoms with Gasteiger partial charge in [0.15, 0.2) is 0 Å². The summed E-state index contributed by atoms with van der Waals surface area (Å²) in [6.45, 7) is 2.23. The highest BCUT2D eigenvalue weighted by molar-refractivity contribution is 7.10. The quantitative estimate of drug-likeness (QED) is 0.763. The number of fused-ring (bicyclic) bond motifs is 1. The molecule has 1 aliphatic carbocycles. The van der Waals surface area contributed by atoms with E-state index in [4.69, 9.17) is 0 Å². The number of hydrogen-bond donors (Lipinski definition) is 1. The molecule has 74 valence electrons. The van der Waals surface area contributed by atoms with E-state index in [1.54, 1.807) is 10.4 Å². The van der Waals surface area contributed by atoms with Gasteiger partial charge in [0.1, 0.15) is 0 Å². The number of rotatable bonds is 1. The molecule has 0 spiro atoms. The van der Waals surface area contributed by atoms with Crippen LogP contribution in [0.3, 0.4) is 0 Å². The Hall–Kier alpha value is -0.0500. The first-order valence-electron chi connectivity index (χ1n) is 4.54. The second-order valence-corrected chi connectivity index (χ2v) is 4.51. The van der Waals surface area contributed by atoms with Gasteiger partial charge in [0, 0.05) is 10.9 Å². The van der Waals surface area contributed by atoms with Crippen LogP contribution in [0.25, 0.3) is 0 Å². The van der Waals surface area contributed by atoms with Crippen LogP contribution in [0.5, 0.6) is 0 Å². The van der Waals surface area contributed by atoms with Gasteiger partial charge in [-0.05, 0) is 49.7 Å². The zero-order chi connectivity index (χ0) is 8.55. The van der Waals surface area contributed by atoms with Crippen LogP contribution in [0.4, 0.5) is 0 Å². The third kappa shape index (κ3) is 2.06. The molecule has 1 atom stereocenters. The van der Waals surface area contributed by atoms with Gasteiger partial charge in [0.2, 0.25) is 0 Å². The molecule has 0 radical (unpaired) electrons. The van der Waals surface area contributed by atoms with E-state index in [0.29, 0.717) is 0 Å². The third-order valence-electron chi connectivity index (χ3n) is 2.77. The Morgan fingerprint density at radius 1 is 1.54 bits per heavy atom. The van der Waals surface area contributed by atoms with Crippen molar-refractivity contribution in [3.05, 3.63) is 21.4 Å². The third-order valence-corrected chi connectivity index (χ3v) is 3.94. The highest BCUT2D eigenvalue weighted by Crippen LogP contribution is 2.29. The van der Waals surface area contributed by atoms with Crippen molar-refractivity contribution >= 4 is 23.7 Å². The minimum atomic E-state index is 0. The number of nitrogens with one attached hydrogen (secondary N) is 1. The highest BCUT2D eigenvalue weighted by Gasteiger charge is 2.19. The summed E-state index contributed by atoms with van der Waals surface area (Å²) in [4.78, 5) is 1.61. The van der Waals surface area contributed by atoms with E-state index in [1.165, 1.54) is 24.8 Å². The van der Waals surface area contributed by atoms with Crippen molar-refractivity contribution in [3.8, 4) is 0 Å². The van der Waals surface area contributed by atoms with E-state index in [9.17, 15) is 0 Å². The smallest absolute Gasteiger partial charge is 0.0116 e. The molecule has 1 unspecified atom stereocenters. The van der Waals surface area contributed by atoms with Gasteiger partial charge in [-0.1, -0.05) is 0 Å². The summed E-state index contributed by atoms with van der Waals surface area (Å²) in [7, 11) is 2.07. The van der Waals surface area contributed by atoms with Gasteiger partial charge in [0.25, 0.3) is 0 Å². The fraction of sp³-hybridized carbons (Fsp3) is 0.600. The van der Waals surface area contributed by atoms with E-state index >= 15 is 0 Å². The lowest BCUT2D eigenvalue weighted by Gasteiger charge is -2.21.